The predicted molar refractivity (Wildman–Crippen MR) is 74.7 cm³/mol. The van der Waals surface area contributed by atoms with Crippen LogP contribution in [0.4, 0.5) is 5.82 Å². The van der Waals surface area contributed by atoms with E-state index in [0.29, 0.717) is 17.2 Å². The third kappa shape index (κ3) is 1.95. The molecule has 0 amide bonds. The molecule has 0 spiro atoms. The van der Waals surface area contributed by atoms with Gasteiger partial charge in [-0.2, -0.15) is 10.2 Å². The van der Waals surface area contributed by atoms with Crippen molar-refractivity contribution in [2.24, 2.45) is 7.05 Å². The number of hydrogen-bond acceptors (Lipinski definition) is 5. The maximum Gasteiger partial charge on any atom is 0.264 e. The Morgan fingerprint density at radius 3 is 2.60 bits per heavy atom. The molecular weight excluding hydrogens is 256 g/mol. The lowest BCUT2D eigenvalue weighted by atomic mass is 10.1. The Labute approximate surface area is 114 Å². The summed E-state index contributed by atoms with van der Waals surface area (Å²) in [6, 6.07) is 6.72. The number of nitrogens with zero attached hydrogens (tertiary/aromatic N) is 4. The Balaban J connectivity index is 2.24. The van der Waals surface area contributed by atoms with E-state index >= 15 is 0 Å². The number of nitrogen functional groups attached to an aromatic ring is 1. The minimum Gasteiger partial charge on any atom is -0.383 e. The Bertz CT molecular complexity index is 785. The molecule has 0 unspecified atom stereocenters. The molecule has 3 rings (SSSR count). The molecule has 100 valence electrons. The van der Waals surface area contributed by atoms with Gasteiger partial charge in [0.15, 0.2) is 0 Å². The second-order valence-electron chi connectivity index (χ2n) is 4.27. The first kappa shape index (κ1) is 12.1. The van der Waals surface area contributed by atoms with Gasteiger partial charge < -0.3 is 5.73 Å². The van der Waals surface area contributed by atoms with Crippen LogP contribution in [0.3, 0.4) is 0 Å². The van der Waals surface area contributed by atoms with Crippen molar-refractivity contribution in [1.29, 1.82) is 0 Å². The molecule has 3 aromatic heterocycles. The average molecular weight is 268 g/mol. The molecule has 0 atom stereocenters. The van der Waals surface area contributed by atoms with Gasteiger partial charge in [-0.1, -0.05) is 0 Å². The quantitative estimate of drug-likeness (QED) is 0.716. The van der Waals surface area contributed by atoms with Crippen LogP contribution in [0.15, 0.2) is 41.5 Å². The zero-order valence-electron chi connectivity index (χ0n) is 10.7. The zero-order valence-corrected chi connectivity index (χ0v) is 10.7. The van der Waals surface area contributed by atoms with Gasteiger partial charge in [-0.15, -0.1) is 0 Å². The fraction of sp³-hybridized carbons (Fsp3) is 0.0769. The molecule has 20 heavy (non-hydrogen) atoms. The van der Waals surface area contributed by atoms with Gasteiger partial charge in [-0.25, -0.2) is 5.10 Å². The number of hydrogen-bond donors (Lipinski definition) is 2. The van der Waals surface area contributed by atoms with Crippen LogP contribution in [-0.4, -0.2) is 25.0 Å². The van der Waals surface area contributed by atoms with E-state index in [4.69, 9.17) is 5.73 Å². The Morgan fingerprint density at radius 1 is 1.20 bits per heavy atom. The van der Waals surface area contributed by atoms with Gasteiger partial charge in [-0.05, 0) is 23.8 Å². The number of aromatic nitrogens is 5. The van der Waals surface area contributed by atoms with E-state index < -0.39 is 0 Å². The topological polar surface area (TPSA) is 102 Å². The van der Waals surface area contributed by atoms with E-state index in [0.717, 1.165) is 11.1 Å². The van der Waals surface area contributed by atoms with E-state index in [1.165, 1.54) is 6.07 Å². The Hall–Kier alpha value is -2.96. The van der Waals surface area contributed by atoms with Crippen molar-refractivity contribution in [3.05, 3.63) is 47.0 Å². The number of anilines is 1. The highest BCUT2D eigenvalue weighted by molar-refractivity contribution is 5.86. The molecular formula is C13H12N6O. The lowest BCUT2D eigenvalue weighted by molar-refractivity contribution is 0.780. The summed E-state index contributed by atoms with van der Waals surface area (Å²) in [5.74, 6) is 0.527. The number of aryl methyl sites for hydroxylation is 1. The zero-order chi connectivity index (χ0) is 14.1. The summed E-state index contributed by atoms with van der Waals surface area (Å²) >= 11 is 0. The molecule has 7 heteroatoms. The molecule has 0 saturated heterocycles. The van der Waals surface area contributed by atoms with Gasteiger partial charge in [0, 0.05) is 25.5 Å². The van der Waals surface area contributed by atoms with Gasteiger partial charge in [-0.3, -0.25) is 14.5 Å². The van der Waals surface area contributed by atoms with Crippen molar-refractivity contribution in [2.45, 2.75) is 0 Å². The van der Waals surface area contributed by atoms with Crippen LogP contribution in [-0.2, 0) is 7.05 Å². The molecule has 3 N–H and O–H groups in total. The maximum absolute atomic E-state index is 11.1. The van der Waals surface area contributed by atoms with Crippen molar-refractivity contribution in [3.63, 3.8) is 0 Å². The van der Waals surface area contributed by atoms with Gasteiger partial charge >= 0.3 is 0 Å². The van der Waals surface area contributed by atoms with E-state index in [2.05, 4.69) is 20.3 Å². The first-order chi connectivity index (χ1) is 9.66. The number of H-pyrrole nitrogens is 1. The third-order valence-corrected chi connectivity index (χ3v) is 2.98. The molecule has 0 aliphatic heterocycles. The second kappa shape index (κ2) is 4.61. The highest BCUT2D eigenvalue weighted by Gasteiger charge is 2.18. The number of nitrogens with two attached hydrogens (primary N) is 1. The number of aromatic amines is 1. The largest absolute Gasteiger partial charge is 0.383 e. The van der Waals surface area contributed by atoms with E-state index in [-0.39, 0.29) is 5.56 Å². The molecule has 0 aromatic carbocycles. The maximum atomic E-state index is 11.1. The first-order valence-electron chi connectivity index (χ1n) is 5.96. The van der Waals surface area contributed by atoms with E-state index in [9.17, 15) is 4.79 Å². The summed E-state index contributed by atoms with van der Waals surface area (Å²) in [7, 11) is 1.76. The molecule has 7 nitrogen and oxygen atoms in total. The van der Waals surface area contributed by atoms with E-state index in [1.54, 1.807) is 30.2 Å². The van der Waals surface area contributed by atoms with Crippen LogP contribution in [0.1, 0.15) is 0 Å². The summed E-state index contributed by atoms with van der Waals surface area (Å²) in [4.78, 5) is 15.1. The molecule has 0 bridgehead atoms. The number of rotatable bonds is 2. The van der Waals surface area contributed by atoms with Crippen molar-refractivity contribution < 1.29 is 0 Å². The Morgan fingerprint density at radius 2 is 1.95 bits per heavy atom. The standard InChI is InChI=1S/C13H12N6O/c1-19-13(14)11(8-4-6-15-7-5-8)12(18-19)9-2-3-10(20)17-16-9/h2-7H,14H2,1H3,(H,17,20). The third-order valence-electron chi connectivity index (χ3n) is 2.98. The normalized spacial score (nSPS) is 10.7. The fourth-order valence-electron chi connectivity index (χ4n) is 2.00. The van der Waals surface area contributed by atoms with Crippen molar-refractivity contribution >= 4 is 5.82 Å². The summed E-state index contributed by atoms with van der Waals surface area (Å²) in [5.41, 5.74) is 8.67. The van der Waals surface area contributed by atoms with Crippen LogP contribution in [0.5, 0.6) is 0 Å². The van der Waals surface area contributed by atoms with Crippen LogP contribution >= 0.6 is 0 Å². The van der Waals surface area contributed by atoms with Gasteiger partial charge in [0.05, 0.1) is 5.56 Å². The number of nitrogens with one attached hydrogen (secondary N) is 1. The predicted octanol–water partition coefficient (Wildman–Crippen LogP) is 0.815. The van der Waals surface area contributed by atoms with Crippen LogP contribution in [0.25, 0.3) is 22.5 Å². The Kier molecular flexibility index (Phi) is 2.79. The van der Waals surface area contributed by atoms with Crippen molar-refractivity contribution in [3.8, 4) is 22.5 Å². The monoisotopic (exact) mass is 268 g/mol. The summed E-state index contributed by atoms with van der Waals surface area (Å²) in [6.07, 6.45) is 3.37. The van der Waals surface area contributed by atoms with Crippen molar-refractivity contribution in [2.75, 3.05) is 5.73 Å². The summed E-state index contributed by atoms with van der Waals surface area (Å²) in [5, 5.41) is 10.8. The summed E-state index contributed by atoms with van der Waals surface area (Å²) in [6.45, 7) is 0. The molecule has 0 fully saturated rings. The molecule has 3 aromatic rings. The molecule has 0 aliphatic rings. The lowest BCUT2D eigenvalue weighted by Gasteiger charge is -2.02. The second-order valence-corrected chi connectivity index (χ2v) is 4.27. The highest BCUT2D eigenvalue weighted by atomic mass is 16.1. The summed E-state index contributed by atoms with van der Waals surface area (Å²) < 4.78 is 1.58. The van der Waals surface area contributed by atoms with Gasteiger partial charge in [0.25, 0.3) is 5.56 Å². The van der Waals surface area contributed by atoms with Gasteiger partial charge in [0.2, 0.25) is 0 Å². The van der Waals surface area contributed by atoms with Crippen LogP contribution in [0.2, 0.25) is 0 Å². The van der Waals surface area contributed by atoms with Gasteiger partial charge in [0.1, 0.15) is 17.2 Å². The number of pyridine rings is 1. The molecule has 0 aliphatic carbocycles. The smallest absolute Gasteiger partial charge is 0.264 e. The van der Waals surface area contributed by atoms with Crippen LogP contribution in [0, 0.1) is 0 Å². The average Bonchev–Trinajstić information content (AvgIpc) is 2.77. The lowest BCUT2D eigenvalue weighted by Crippen LogP contribution is -2.06. The minimum absolute atomic E-state index is 0.261. The van der Waals surface area contributed by atoms with Crippen LogP contribution < -0.4 is 11.3 Å². The molecule has 0 radical (unpaired) electrons. The molecule has 0 saturated carbocycles. The first-order valence-corrected chi connectivity index (χ1v) is 5.96. The molecule has 3 heterocycles. The fourth-order valence-corrected chi connectivity index (χ4v) is 2.00. The minimum atomic E-state index is -0.261. The highest BCUT2D eigenvalue weighted by Crippen LogP contribution is 2.34. The SMILES string of the molecule is Cn1nc(-c2ccc(=O)[nH]n2)c(-c2ccncc2)c1N. The van der Waals surface area contributed by atoms with Crippen molar-refractivity contribution in [1.82, 2.24) is 25.0 Å². The van der Waals surface area contributed by atoms with E-state index in [1.807, 2.05) is 12.1 Å².